The van der Waals surface area contributed by atoms with E-state index in [1.54, 1.807) is 0 Å². The fourth-order valence-electron chi connectivity index (χ4n) is 3.68. The molecule has 1 aliphatic carbocycles. The Kier molecular flexibility index (Phi) is 4.88. The first-order valence-electron chi connectivity index (χ1n) is 8.91. The molecular weight excluding hydrogens is 382 g/mol. The highest BCUT2D eigenvalue weighted by molar-refractivity contribution is 7.89. The van der Waals surface area contributed by atoms with E-state index in [-0.39, 0.29) is 22.8 Å². The maximum atomic E-state index is 12.9. The average Bonchev–Trinajstić information content (AvgIpc) is 3.03. The van der Waals surface area contributed by atoms with E-state index >= 15 is 0 Å². The SMILES string of the molecule is O=C1Nc2c(cc(S(=O)(=O)NOCc3ccccc3)c3c2CCCC3)/C1=N/O. The van der Waals surface area contributed by atoms with Crippen molar-refractivity contribution in [3.8, 4) is 0 Å². The Morgan fingerprint density at radius 1 is 1.14 bits per heavy atom. The number of benzene rings is 2. The van der Waals surface area contributed by atoms with Crippen LogP contribution in [0.3, 0.4) is 0 Å². The van der Waals surface area contributed by atoms with E-state index in [1.807, 2.05) is 30.3 Å². The third-order valence-electron chi connectivity index (χ3n) is 4.96. The van der Waals surface area contributed by atoms with Crippen LogP contribution in [0.15, 0.2) is 46.4 Å². The number of nitrogens with zero attached hydrogens (tertiary/aromatic N) is 1. The van der Waals surface area contributed by atoms with Crippen molar-refractivity contribution in [3.63, 3.8) is 0 Å². The summed E-state index contributed by atoms with van der Waals surface area (Å²) in [6, 6.07) is 10.6. The van der Waals surface area contributed by atoms with Gasteiger partial charge in [-0.3, -0.25) is 9.63 Å². The molecule has 0 fully saturated rings. The van der Waals surface area contributed by atoms with Crippen LogP contribution < -0.4 is 10.2 Å². The molecule has 0 unspecified atom stereocenters. The number of rotatable bonds is 5. The van der Waals surface area contributed by atoms with Gasteiger partial charge in [0.1, 0.15) is 0 Å². The van der Waals surface area contributed by atoms with E-state index in [1.165, 1.54) is 6.07 Å². The number of nitrogens with one attached hydrogen (secondary N) is 2. The number of anilines is 1. The third-order valence-corrected chi connectivity index (χ3v) is 6.24. The molecule has 1 amide bonds. The van der Waals surface area contributed by atoms with E-state index in [9.17, 15) is 18.4 Å². The van der Waals surface area contributed by atoms with Crippen molar-refractivity contribution >= 4 is 27.3 Å². The lowest BCUT2D eigenvalue weighted by atomic mass is 9.88. The van der Waals surface area contributed by atoms with Gasteiger partial charge in [0.2, 0.25) is 0 Å². The number of sulfonamides is 1. The lowest BCUT2D eigenvalue weighted by Crippen LogP contribution is -2.26. The van der Waals surface area contributed by atoms with E-state index in [0.29, 0.717) is 24.1 Å². The summed E-state index contributed by atoms with van der Waals surface area (Å²) in [6.07, 6.45) is 2.97. The normalized spacial score (nSPS) is 17.3. The van der Waals surface area contributed by atoms with Gasteiger partial charge in [0, 0.05) is 5.56 Å². The summed E-state index contributed by atoms with van der Waals surface area (Å²) in [5, 5.41) is 14.9. The van der Waals surface area contributed by atoms with Crippen molar-refractivity contribution in [1.82, 2.24) is 4.89 Å². The van der Waals surface area contributed by atoms with Crippen LogP contribution in [-0.4, -0.2) is 25.2 Å². The number of oxime groups is 1. The number of amides is 1. The minimum absolute atomic E-state index is 0.0478. The van der Waals surface area contributed by atoms with Crippen molar-refractivity contribution < 1.29 is 23.3 Å². The summed E-state index contributed by atoms with van der Waals surface area (Å²) in [7, 11) is -3.99. The standard InChI is InChI=1S/C19H19N3O5S/c23-19-18(21-24)15-10-16(13-8-4-5-9-14(13)17(15)20-19)28(25,26)22-27-11-12-6-2-1-3-7-12/h1-3,6-7,10,22,24H,4-5,8-9,11H2,(H,20,21,23). The van der Waals surface area contributed by atoms with Gasteiger partial charge in [0.15, 0.2) is 5.71 Å². The van der Waals surface area contributed by atoms with Gasteiger partial charge in [0.05, 0.1) is 17.2 Å². The van der Waals surface area contributed by atoms with E-state index < -0.39 is 15.9 Å². The molecule has 0 aromatic heterocycles. The summed E-state index contributed by atoms with van der Waals surface area (Å²) in [4.78, 5) is 19.5. The monoisotopic (exact) mass is 401 g/mol. The molecular formula is C19H19N3O5S. The Bertz CT molecular complexity index is 1060. The second-order valence-electron chi connectivity index (χ2n) is 6.73. The lowest BCUT2D eigenvalue weighted by Gasteiger charge is -2.22. The van der Waals surface area contributed by atoms with Gasteiger partial charge < -0.3 is 10.5 Å². The zero-order chi connectivity index (χ0) is 19.7. The topological polar surface area (TPSA) is 117 Å². The zero-order valence-electron chi connectivity index (χ0n) is 14.9. The van der Waals surface area contributed by atoms with Crippen molar-refractivity contribution in [1.29, 1.82) is 0 Å². The zero-order valence-corrected chi connectivity index (χ0v) is 15.8. The maximum Gasteiger partial charge on any atom is 0.278 e. The van der Waals surface area contributed by atoms with Crippen LogP contribution in [0.2, 0.25) is 0 Å². The molecule has 0 bridgehead atoms. The third kappa shape index (κ3) is 3.28. The van der Waals surface area contributed by atoms with Crippen molar-refractivity contribution in [2.24, 2.45) is 5.16 Å². The summed E-state index contributed by atoms with van der Waals surface area (Å²) in [5.41, 5.74) is 2.91. The smallest absolute Gasteiger partial charge is 0.278 e. The van der Waals surface area contributed by atoms with Crippen LogP contribution in [0.4, 0.5) is 5.69 Å². The summed E-state index contributed by atoms with van der Waals surface area (Å²) >= 11 is 0. The quantitative estimate of drug-likeness (QED) is 0.524. The molecule has 0 saturated heterocycles. The molecule has 0 spiro atoms. The van der Waals surface area contributed by atoms with Crippen LogP contribution in [0, 0.1) is 0 Å². The number of carbonyl (C=O) groups excluding carboxylic acids is 1. The minimum Gasteiger partial charge on any atom is -0.410 e. The van der Waals surface area contributed by atoms with Crippen LogP contribution in [-0.2, 0) is 39.1 Å². The second kappa shape index (κ2) is 7.34. The maximum absolute atomic E-state index is 12.9. The molecule has 2 aliphatic rings. The highest BCUT2D eigenvalue weighted by atomic mass is 32.2. The van der Waals surface area contributed by atoms with E-state index in [4.69, 9.17) is 4.84 Å². The molecule has 8 nitrogen and oxygen atoms in total. The number of carbonyl (C=O) groups is 1. The van der Waals surface area contributed by atoms with Crippen molar-refractivity contribution in [2.75, 3.05) is 5.32 Å². The minimum atomic E-state index is -3.99. The lowest BCUT2D eigenvalue weighted by molar-refractivity contribution is -0.110. The van der Waals surface area contributed by atoms with Gasteiger partial charge in [-0.05, 0) is 48.4 Å². The molecule has 2 aromatic rings. The summed E-state index contributed by atoms with van der Waals surface area (Å²) in [6.45, 7) is 0.0800. The molecule has 28 heavy (non-hydrogen) atoms. The fourth-order valence-corrected chi connectivity index (χ4v) is 4.81. The number of fused-ring (bicyclic) bond motifs is 3. The van der Waals surface area contributed by atoms with Crippen molar-refractivity contribution in [2.45, 2.75) is 37.2 Å². The van der Waals surface area contributed by atoms with E-state index in [2.05, 4.69) is 15.4 Å². The van der Waals surface area contributed by atoms with Gasteiger partial charge in [-0.1, -0.05) is 40.4 Å². The Labute approximate surface area is 162 Å². The fraction of sp³-hybridized carbons (Fsp3) is 0.263. The van der Waals surface area contributed by atoms with Gasteiger partial charge in [-0.25, -0.2) is 8.42 Å². The summed E-state index contributed by atoms with van der Waals surface area (Å²) in [5.74, 6) is -0.548. The van der Waals surface area contributed by atoms with Crippen molar-refractivity contribution in [3.05, 3.63) is 58.7 Å². The molecule has 0 radical (unpaired) electrons. The summed E-state index contributed by atoms with van der Waals surface area (Å²) < 4.78 is 25.9. The van der Waals surface area contributed by atoms with Crippen LogP contribution in [0.1, 0.15) is 35.1 Å². The Hall–Kier alpha value is -2.75. The molecule has 3 N–H and O–H groups in total. The Morgan fingerprint density at radius 2 is 1.86 bits per heavy atom. The molecule has 0 atom stereocenters. The molecule has 1 aliphatic heterocycles. The van der Waals surface area contributed by atoms with Gasteiger partial charge in [-0.2, -0.15) is 0 Å². The molecule has 1 heterocycles. The number of hydrogen-bond acceptors (Lipinski definition) is 6. The molecule has 146 valence electrons. The first-order valence-corrected chi connectivity index (χ1v) is 10.4. The van der Waals surface area contributed by atoms with Gasteiger partial charge in [0.25, 0.3) is 15.9 Å². The van der Waals surface area contributed by atoms with Crippen LogP contribution in [0.25, 0.3) is 0 Å². The van der Waals surface area contributed by atoms with Crippen LogP contribution >= 0.6 is 0 Å². The number of hydrogen-bond donors (Lipinski definition) is 3. The Balaban J connectivity index is 1.69. The van der Waals surface area contributed by atoms with E-state index in [0.717, 1.165) is 24.0 Å². The van der Waals surface area contributed by atoms with Crippen LogP contribution in [0.5, 0.6) is 0 Å². The Morgan fingerprint density at radius 3 is 2.57 bits per heavy atom. The molecule has 2 aromatic carbocycles. The predicted octanol–water partition coefficient (Wildman–Crippen LogP) is 2.11. The highest BCUT2D eigenvalue weighted by Crippen LogP contribution is 2.38. The van der Waals surface area contributed by atoms with Gasteiger partial charge in [-0.15, -0.1) is 0 Å². The first kappa shape index (κ1) is 18.6. The highest BCUT2D eigenvalue weighted by Gasteiger charge is 2.35. The molecule has 9 heteroatoms. The molecule has 4 rings (SSSR count). The van der Waals surface area contributed by atoms with Gasteiger partial charge >= 0.3 is 0 Å². The molecule has 0 saturated carbocycles. The average molecular weight is 401 g/mol. The first-order chi connectivity index (χ1) is 13.5. The second-order valence-corrected chi connectivity index (χ2v) is 8.34. The largest absolute Gasteiger partial charge is 0.410 e. The predicted molar refractivity (Wildman–Crippen MR) is 102 cm³/mol.